The van der Waals surface area contributed by atoms with Crippen LogP contribution in [-0.4, -0.2) is 116 Å². The van der Waals surface area contributed by atoms with Crippen LogP contribution in [0.15, 0.2) is 0 Å². The number of unbranched alkanes of at least 4 members (excludes halogenated alkanes) is 13. The summed E-state index contributed by atoms with van der Waals surface area (Å²) in [6.07, 6.45) is 15.3. The molecule has 0 unspecified atom stereocenters. The largest absolute Gasteiger partial charge is 0.481 e. The van der Waals surface area contributed by atoms with Crippen LogP contribution in [0.2, 0.25) is 0 Å². The number of carboxylic acid groups (broad SMARTS) is 2. The number of carbonyl (C=O) groups is 7. The monoisotopic (exact) mass is 763 g/mol. The number of nitrogens with one attached hydrogen (secondary N) is 5. The predicted molar refractivity (Wildman–Crippen MR) is 195 cm³/mol. The van der Waals surface area contributed by atoms with Crippen molar-refractivity contribution in [1.29, 1.82) is 0 Å². The van der Waals surface area contributed by atoms with Crippen LogP contribution in [0.25, 0.3) is 0 Å². The first-order chi connectivity index (χ1) is 25.0. The first-order valence-electron chi connectivity index (χ1n) is 18.6. The Morgan fingerprint density at radius 2 is 0.885 bits per heavy atom. The van der Waals surface area contributed by atoms with Gasteiger partial charge in [-0.3, -0.25) is 28.8 Å². The average molecular weight is 764 g/mol. The second-order valence-corrected chi connectivity index (χ2v) is 12.7. The molecule has 0 saturated heterocycles. The van der Waals surface area contributed by atoms with Crippen molar-refractivity contribution in [3.05, 3.63) is 0 Å². The molecule has 5 amide bonds. The number of amides is 5. The Morgan fingerprint density at radius 3 is 1.33 bits per heavy atom. The first-order valence-corrected chi connectivity index (χ1v) is 19.1. The molecule has 300 valence electrons. The number of ether oxygens (including phenoxy) is 2. The van der Waals surface area contributed by atoms with Gasteiger partial charge in [-0.1, -0.05) is 77.0 Å². The summed E-state index contributed by atoms with van der Waals surface area (Å²) in [6, 6.07) is -1.16. The lowest BCUT2D eigenvalue weighted by Gasteiger charge is -2.14. The van der Waals surface area contributed by atoms with Gasteiger partial charge in [-0.25, -0.2) is 4.79 Å². The van der Waals surface area contributed by atoms with Crippen LogP contribution in [0.5, 0.6) is 0 Å². The molecule has 16 nitrogen and oxygen atoms in total. The number of carbonyl (C=O) groups excluding carboxylic acids is 5. The maximum Gasteiger partial charge on any atom is 0.326 e. The van der Waals surface area contributed by atoms with E-state index in [0.29, 0.717) is 6.42 Å². The van der Waals surface area contributed by atoms with E-state index in [-0.39, 0.29) is 102 Å². The topological polar surface area (TPSA) is 239 Å². The van der Waals surface area contributed by atoms with E-state index >= 15 is 0 Å². The highest BCUT2D eigenvalue weighted by Gasteiger charge is 2.20. The highest BCUT2D eigenvalue weighted by molar-refractivity contribution is 6.27. The molecule has 0 spiro atoms. The Kier molecular flexibility index (Phi) is 32.3. The summed E-state index contributed by atoms with van der Waals surface area (Å²) in [5.41, 5.74) is 0. The summed E-state index contributed by atoms with van der Waals surface area (Å²) < 4.78 is 10.4. The number of aliphatic carboxylic acids is 2. The Hall–Kier alpha value is -3.50. The minimum atomic E-state index is -1.20. The fourth-order valence-corrected chi connectivity index (χ4v) is 5.07. The van der Waals surface area contributed by atoms with Crippen molar-refractivity contribution >= 4 is 53.1 Å². The zero-order chi connectivity index (χ0) is 38.7. The van der Waals surface area contributed by atoms with Crippen LogP contribution in [0.3, 0.4) is 0 Å². The molecular formula is C35H62ClN5O11. The predicted octanol–water partition coefficient (Wildman–Crippen LogP) is 2.40. The average Bonchev–Trinajstić information content (AvgIpc) is 3.10. The molecule has 0 aromatic carbocycles. The van der Waals surface area contributed by atoms with E-state index in [1.165, 1.54) is 38.5 Å². The third kappa shape index (κ3) is 33.6. The van der Waals surface area contributed by atoms with Gasteiger partial charge in [-0.05, 0) is 19.3 Å². The molecule has 52 heavy (non-hydrogen) atoms. The third-order valence-electron chi connectivity index (χ3n) is 7.83. The van der Waals surface area contributed by atoms with Crippen molar-refractivity contribution in [3.63, 3.8) is 0 Å². The molecule has 0 aromatic rings. The highest BCUT2D eigenvalue weighted by atomic mass is 35.5. The summed E-state index contributed by atoms with van der Waals surface area (Å²) in [5.74, 6) is -3.94. The summed E-state index contributed by atoms with van der Waals surface area (Å²) in [4.78, 5) is 80.9. The van der Waals surface area contributed by atoms with Crippen molar-refractivity contribution in [1.82, 2.24) is 26.6 Å². The SMILES string of the molecule is O=C(O)CCCCCCCCCCCCCCCCC(=O)N[C@@H](CCC(=O)NCCOCC(=O)NCCOCC(=O)NCCNC(=O)CCl)C(=O)O. The van der Waals surface area contributed by atoms with Crippen molar-refractivity contribution in [2.24, 2.45) is 0 Å². The lowest BCUT2D eigenvalue weighted by molar-refractivity contribution is -0.142. The normalized spacial score (nSPS) is 11.3. The minimum absolute atomic E-state index is 0.0558. The van der Waals surface area contributed by atoms with Gasteiger partial charge in [0.2, 0.25) is 29.5 Å². The first kappa shape index (κ1) is 48.5. The van der Waals surface area contributed by atoms with Gasteiger partial charge in [-0.2, -0.15) is 0 Å². The van der Waals surface area contributed by atoms with E-state index in [9.17, 15) is 38.7 Å². The fourth-order valence-electron chi connectivity index (χ4n) is 4.98. The van der Waals surface area contributed by atoms with E-state index in [4.69, 9.17) is 26.2 Å². The molecule has 17 heteroatoms. The van der Waals surface area contributed by atoms with Crippen molar-refractivity contribution in [2.75, 3.05) is 58.5 Å². The number of hydrogen-bond acceptors (Lipinski definition) is 9. The lowest BCUT2D eigenvalue weighted by atomic mass is 10.0. The van der Waals surface area contributed by atoms with Crippen LogP contribution in [0, 0.1) is 0 Å². The van der Waals surface area contributed by atoms with Crippen molar-refractivity contribution in [2.45, 2.75) is 122 Å². The van der Waals surface area contributed by atoms with Crippen molar-refractivity contribution in [3.8, 4) is 0 Å². The van der Waals surface area contributed by atoms with Crippen LogP contribution in [0.1, 0.15) is 116 Å². The molecule has 0 radical (unpaired) electrons. The quantitative estimate of drug-likeness (QED) is 0.0361. The lowest BCUT2D eigenvalue weighted by Crippen LogP contribution is -2.41. The third-order valence-corrected chi connectivity index (χ3v) is 8.07. The Morgan fingerprint density at radius 1 is 0.481 bits per heavy atom. The summed E-state index contributed by atoms with van der Waals surface area (Å²) >= 11 is 5.34. The zero-order valence-corrected chi connectivity index (χ0v) is 31.4. The maximum absolute atomic E-state index is 12.3. The Bertz CT molecular complexity index is 1040. The molecule has 0 saturated carbocycles. The molecule has 7 N–H and O–H groups in total. The standard InChI is InChI=1S/C35H62ClN5O11/c36-25-31(44)37-19-20-38-32(45)26-52-24-22-40-33(46)27-51-23-21-39-29(42)18-17-28(35(49)50)41-30(43)15-13-11-9-7-5-3-1-2-4-6-8-10-12-14-16-34(47)48/h28H,1-27H2,(H,37,44)(H,38,45)(H,39,42)(H,40,46)(H,41,43)(H,47,48)(H,49,50)/t28-/m0/s1. The number of carboxylic acids is 2. The molecule has 0 fully saturated rings. The molecule has 0 aliphatic carbocycles. The Labute approximate surface area is 312 Å². The van der Waals surface area contributed by atoms with Crippen LogP contribution >= 0.6 is 11.6 Å². The van der Waals surface area contributed by atoms with E-state index in [1.54, 1.807) is 0 Å². The highest BCUT2D eigenvalue weighted by Crippen LogP contribution is 2.14. The molecular weight excluding hydrogens is 702 g/mol. The number of halogens is 1. The van der Waals surface area contributed by atoms with Crippen molar-refractivity contribution < 1.29 is 53.2 Å². The molecule has 0 aromatic heterocycles. The smallest absolute Gasteiger partial charge is 0.326 e. The van der Waals surface area contributed by atoms with Gasteiger partial charge in [0, 0.05) is 45.4 Å². The molecule has 1 atom stereocenters. The zero-order valence-electron chi connectivity index (χ0n) is 30.6. The van der Waals surface area contributed by atoms with E-state index in [2.05, 4.69) is 26.6 Å². The van der Waals surface area contributed by atoms with Gasteiger partial charge in [0.15, 0.2) is 0 Å². The molecule has 0 aliphatic heterocycles. The van der Waals surface area contributed by atoms with Gasteiger partial charge >= 0.3 is 11.9 Å². The number of rotatable bonds is 36. The number of hydrogen-bond donors (Lipinski definition) is 7. The summed E-state index contributed by atoms with van der Waals surface area (Å²) in [5, 5.41) is 30.8. The Balaban J connectivity index is 3.74. The van der Waals surface area contributed by atoms with E-state index < -0.39 is 29.8 Å². The van der Waals surface area contributed by atoms with Gasteiger partial charge in [0.25, 0.3) is 0 Å². The fraction of sp³-hybridized carbons (Fsp3) is 0.800. The second kappa shape index (κ2) is 34.6. The maximum atomic E-state index is 12.3. The molecule has 0 heterocycles. The van der Waals surface area contributed by atoms with E-state index in [1.807, 2.05) is 0 Å². The van der Waals surface area contributed by atoms with Crippen LogP contribution < -0.4 is 26.6 Å². The van der Waals surface area contributed by atoms with Gasteiger partial charge < -0.3 is 46.3 Å². The number of alkyl halides is 1. The van der Waals surface area contributed by atoms with Gasteiger partial charge in [-0.15, -0.1) is 11.6 Å². The summed E-state index contributed by atoms with van der Waals surface area (Å²) in [7, 11) is 0. The molecule has 0 bridgehead atoms. The molecule has 0 aliphatic rings. The van der Waals surface area contributed by atoms with Gasteiger partial charge in [0.05, 0.1) is 13.2 Å². The second-order valence-electron chi connectivity index (χ2n) is 12.5. The van der Waals surface area contributed by atoms with Crippen LogP contribution in [0.4, 0.5) is 0 Å². The molecule has 0 rings (SSSR count). The minimum Gasteiger partial charge on any atom is -0.481 e. The van der Waals surface area contributed by atoms with Crippen LogP contribution in [-0.2, 0) is 43.0 Å². The van der Waals surface area contributed by atoms with Gasteiger partial charge in [0.1, 0.15) is 25.1 Å². The van der Waals surface area contributed by atoms with E-state index in [0.717, 1.165) is 44.9 Å². The summed E-state index contributed by atoms with van der Waals surface area (Å²) in [6.45, 7) is 0.440.